The van der Waals surface area contributed by atoms with Crippen LogP contribution in [0.2, 0.25) is 0 Å². The number of carboxylic acids is 1. The SMILES string of the molecule is CCCCCn1cc(C(=O)O)c(=O)c2cnccc21. The molecule has 5 heteroatoms. The van der Waals surface area contributed by atoms with Crippen LogP contribution in [0.25, 0.3) is 10.9 Å². The van der Waals surface area contributed by atoms with Crippen molar-refractivity contribution in [1.29, 1.82) is 0 Å². The van der Waals surface area contributed by atoms with Crippen molar-refractivity contribution in [2.75, 3.05) is 0 Å². The fourth-order valence-corrected chi connectivity index (χ4v) is 2.11. The minimum absolute atomic E-state index is 0.197. The fourth-order valence-electron chi connectivity index (χ4n) is 2.11. The minimum atomic E-state index is -1.19. The average Bonchev–Trinajstić information content (AvgIpc) is 2.41. The molecule has 0 fully saturated rings. The molecule has 0 saturated carbocycles. The van der Waals surface area contributed by atoms with Crippen LogP contribution in [0.15, 0.2) is 29.5 Å². The van der Waals surface area contributed by atoms with Crippen LogP contribution in [-0.2, 0) is 6.54 Å². The Morgan fingerprint density at radius 1 is 1.42 bits per heavy atom. The summed E-state index contributed by atoms with van der Waals surface area (Å²) in [6.45, 7) is 2.81. The van der Waals surface area contributed by atoms with Crippen molar-refractivity contribution in [1.82, 2.24) is 9.55 Å². The van der Waals surface area contributed by atoms with Crippen LogP contribution in [0.1, 0.15) is 36.5 Å². The Bertz CT molecular complexity index is 661. The molecule has 0 radical (unpaired) electrons. The van der Waals surface area contributed by atoms with Gasteiger partial charge in [0, 0.05) is 25.1 Å². The van der Waals surface area contributed by atoms with Gasteiger partial charge in [0.2, 0.25) is 5.43 Å². The van der Waals surface area contributed by atoms with Crippen LogP contribution in [0.3, 0.4) is 0 Å². The summed E-state index contributed by atoms with van der Waals surface area (Å²) in [6, 6.07) is 1.74. The number of unbranched alkanes of at least 4 members (excludes halogenated alkanes) is 2. The summed E-state index contributed by atoms with van der Waals surface area (Å²) in [6.07, 6.45) is 7.59. The molecule has 5 nitrogen and oxygen atoms in total. The van der Waals surface area contributed by atoms with Crippen molar-refractivity contribution in [2.45, 2.75) is 32.7 Å². The Morgan fingerprint density at radius 3 is 2.89 bits per heavy atom. The van der Waals surface area contributed by atoms with Gasteiger partial charge in [0.25, 0.3) is 0 Å². The summed E-state index contributed by atoms with van der Waals surface area (Å²) < 4.78 is 1.83. The summed E-state index contributed by atoms with van der Waals surface area (Å²) in [5.41, 5.74) is 0.0699. The van der Waals surface area contributed by atoms with Gasteiger partial charge in [-0.15, -0.1) is 0 Å². The predicted octanol–water partition coefficient (Wildman–Crippen LogP) is 2.28. The topological polar surface area (TPSA) is 72.2 Å². The largest absolute Gasteiger partial charge is 0.477 e. The van der Waals surface area contributed by atoms with Gasteiger partial charge in [-0.05, 0) is 12.5 Å². The van der Waals surface area contributed by atoms with E-state index in [-0.39, 0.29) is 5.56 Å². The fraction of sp³-hybridized carbons (Fsp3) is 0.357. The van der Waals surface area contributed by atoms with Gasteiger partial charge in [-0.1, -0.05) is 19.8 Å². The van der Waals surface area contributed by atoms with E-state index in [1.165, 1.54) is 12.4 Å². The first-order valence-electron chi connectivity index (χ1n) is 6.35. The van der Waals surface area contributed by atoms with E-state index in [4.69, 9.17) is 5.11 Å². The van der Waals surface area contributed by atoms with E-state index < -0.39 is 11.4 Å². The van der Waals surface area contributed by atoms with Gasteiger partial charge >= 0.3 is 5.97 Å². The lowest BCUT2D eigenvalue weighted by molar-refractivity contribution is 0.0695. The summed E-state index contributed by atoms with van der Waals surface area (Å²) in [4.78, 5) is 27.0. The van der Waals surface area contributed by atoms with Crippen LogP contribution in [0, 0.1) is 0 Å². The van der Waals surface area contributed by atoms with Crippen molar-refractivity contribution >= 4 is 16.9 Å². The molecule has 0 unspecified atom stereocenters. The number of hydrogen-bond acceptors (Lipinski definition) is 3. The van der Waals surface area contributed by atoms with E-state index in [0.29, 0.717) is 11.9 Å². The van der Waals surface area contributed by atoms with E-state index in [2.05, 4.69) is 11.9 Å². The van der Waals surface area contributed by atoms with Crippen LogP contribution in [0.4, 0.5) is 0 Å². The second kappa shape index (κ2) is 5.65. The number of aromatic nitrogens is 2. The number of fused-ring (bicyclic) bond motifs is 1. The lowest BCUT2D eigenvalue weighted by Gasteiger charge is -2.11. The maximum atomic E-state index is 12.0. The Kier molecular flexibility index (Phi) is 3.94. The maximum Gasteiger partial charge on any atom is 0.341 e. The summed E-state index contributed by atoms with van der Waals surface area (Å²) in [7, 11) is 0. The highest BCUT2D eigenvalue weighted by Gasteiger charge is 2.14. The molecule has 19 heavy (non-hydrogen) atoms. The first-order valence-corrected chi connectivity index (χ1v) is 6.35. The van der Waals surface area contributed by atoms with Crippen LogP contribution in [-0.4, -0.2) is 20.6 Å². The van der Waals surface area contributed by atoms with Crippen LogP contribution >= 0.6 is 0 Å². The van der Waals surface area contributed by atoms with E-state index >= 15 is 0 Å². The van der Waals surface area contributed by atoms with Gasteiger partial charge in [0.05, 0.1) is 10.9 Å². The first-order chi connectivity index (χ1) is 9.15. The Labute approximate surface area is 110 Å². The zero-order valence-electron chi connectivity index (χ0n) is 10.8. The van der Waals surface area contributed by atoms with Gasteiger partial charge in [-0.3, -0.25) is 9.78 Å². The molecule has 2 rings (SSSR count). The Balaban J connectivity index is 2.58. The molecular formula is C14H16N2O3. The third kappa shape index (κ3) is 2.65. The van der Waals surface area contributed by atoms with Crippen LogP contribution < -0.4 is 5.43 Å². The molecule has 0 atom stereocenters. The normalized spacial score (nSPS) is 10.8. The molecule has 0 amide bonds. The standard InChI is InChI=1S/C14H16N2O3/c1-2-3-4-7-16-9-11(14(18)19)13(17)10-8-15-6-5-12(10)16/h5-6,8-9H,2-4,7H2,1H3,(H,18,19). The van der Waals surface area contributed by atoms with Crippen molar-refractivity contribution in [2.24, 2.45) is 0 Å². The lowest BCUT2D eigenvalue weighted by Crippen LogP contribution is -2.19. The van der Waals surface area contributed by atoms with Crippen molar-refractivity contribution in [3.05, 3.63) is 40.4 Å². The second-order valence-electron chi connectivity index (χ2n) is 4.47. The predicted molar refractivity (Wildman–Crippen MR) is 72.5 cm³/mol. The average molecular weight is 260 g/mol. The highest BCUT2D eigenvalue weighted by Crippen LogP contribution is 2.12. The minimum Gasteiger partial charge on any atom is -0.477 e. The molecular weight excluding hydrogens is 244 g/mol. The molecule has 0 aliphatic carbocycles. The molecule has 1 N–H and O–H groups in total. The molecule has 0 bridgehead atoms. The smallest absolute Gasteiger partial charge is 0.341 e. The van der Waals surface area contributed by atoms with Gasteiger partial charge in [0.15, 0.2) is 0 Å². The van der Waals surface area contributed by atoms with Gasteiger partial charge in [-0.2, -0.15) is 0 Å². The molecule has 0 saturated heterocycles. The zero-order valence-corrected chi connectivity index (χ0v) is 10.8. The number of aromatic carboxylic acids is 1. The molecule has 2 aromatic rings. The van der Waals surface area contributed by atoms with Gasteiger partial charge in [0.1, 0.15) is 5.56 Å². The number of hydrogen-bond donors (Lipinski definition) is 1. The second-order valence-corrected chi connectivity index (χ2v) is 4.47. The number of aryl methyl sites for hydroxylation is 1. The highest BCUT2D eigenvalue weighted by atomic mass is 16.4. The number of pyridine rings is 2. The molecule has 0 spiro atoms. The zero-order chi connectivity index (χ0) is 13.8. The summed E-state index contributed by atoms with van der Waals surface area (Å²) in [5.74, 6) is -1.19. The monoisotopic (exact) mass is 260 g/mol. The van der Waals surface area contributed by atoms with Gasteiger partial charge < -0.3 is 9.67 Å². The van der Waals surface area contributed by atoms with E-state index in [1.54, 1.807) is 12.3 Å². The van der Waals surface area contributed by atoms with E-state index in [1.807, 2.05) is 4.57 Å². The van der Waals surface area contributed by atoms with Gasteiger partial charge in [-0.25, -0.2) is 4.79 Å². The lowest BCUT2D eigenvalue weighted by atomic mass is 10.1. The number of nitrogens with zero attached hydrogens (tertiary/aromatic N) is 2. The van der Waals surface area contributed by atoms with E-state index in [9.17, 15) is 9.59 Å². The molecule has 0 aliphatic rings. The third-order valence-corrected chi connectivity index (χ3v) is 3.11. The molecule has 0 aromatic carbocycles. The molecule has 2 aromatic heterocycles. The first kappa shape index (κ1) is 13.3. The van der Waals surface area contributed by atoms with Crippen molar-refractivity contribution in [3.63, 3.8) is 0 Å². The third-order valence-electron chi connectivity index (χ3n) is 3.11. The van der Waals surface area contributed by atoms with Crippen molar-refractivity contribution in [3.8, 4) is 0 Å². The quantitative estimate of drug-likeness (QED) is 0.837. The summed E-state index contributed by atoms with van der Waals surface area (Å²) >= 11 is 0. The summed E-state index contributed by atoms with van der Waals surface area (Å²) in [5, 5.41) is 9.45. The van der Waals surface area contributed by atoms with Crippen molar-refractivity contribution < 1.29 is 9.90 Å². The molecule has 2 heterocycles. The number of carbonyl (C=O) groups is 1. The van der Waals surface area contributed by atoms with Crippen LogP contribution in [0.5, 0.6) is 0 Å². The number of rotatable bonds is 5. The maximum absolute atomic E-state index is 12.0. The Hall–Kier alpha value is -2.17. The number of carboxylic acid groups (broad SMARTS) is 1. The van der Waals surface area contributed by atoms with E-state index in [0.717, 1.165) is 24.8 Å². The Morgan fingerprint density at radius 2 is 2.21 bits per heavy atom. The highest BCUT2D eigenvalue weighted by molar-refractivity contribution is 5.92. The molecule has 0 aliphatic heterocycles. The molecule has 100 valence electrons.